The molecule has 0 bridgehead atoms. The van der Waals surface area contributed by atoms with E-state index in [-0.39, 0.29) is 0 Å². The van der Waals surface area contributed by atoms with E-state index in [9.17, 15) is 0 Å². The molecule has 0 radical (unpaired) electrons. The smallest absolute Gasteiger partial charge is 0.120 e. The summed E-state index contributed by atoms with van der Waals surface area (Å²) in [4.78, 5) is 2.20. The third kappa shape index (κ3) is 4.35. The number of unbranched alkanes of at least 4 members (excludes halogenated alkanes) is 1. The van der Waals surface area contributed by atoms with Crippen LogP contribution in [0.15, 0.2) is 46.9 Å². The molecule has 0 unspecified atom stereocenters. The van der Waals surface area contributed by atoms with Gasteiger partial charge in [0.2, 0.25) is 0 Å². The van der Waals surface area contributed by atoms with Crippen LogP contribution in [-0.4, -0.2) is 36.5 Å². The molecule has 0 aliphatic carbocycles. The lowest BCUT2D eigenvalue weighted by Gasteiger charge is -2.10. The summed E-state index contributed by atoms with van der Waals surface area (Å²) in [6.45, 7) is 1.87. The van der Waals surface area contributed by atoms with E-state index < -0.39 is 0 Å². The number of rotatable bonds is 7. The standard InChI is InChI=1S/C19H21BrN2OS/c1-22(2)11-3-4-12-23-16-9-10-17-18(13-16)24-21-19(17)14-5-7-15(20)8-6-14/h5-10,13H,3-4,11-12H2,1-2H3. The summed E-state index contributed by atoms with van der Waals surface area (Å²) in [6.07, 6.45) is 2.23. The zero-order chi connectivity index (χ0) is 16.9. The lowest BCUT2D eigenvalue weighted by atomic mass is 10.1. The molecular weight excluding hydrogens is 384 g/mol. The number of fused-ring (bicyclic) bond motifs is 1. The maximum absolute atomic E-state index is 5.88. The van der Waals surface area contributed by atoms with Crippen molar-refractivity contribution >= 4 is 37.5 Å². The molecule has 0 spiro atoms. The summed E-state index contributed by atoms with van der Waals surface area (Å²) in [5.74, 6) is 0.929. The van der Waals surface area contributed by atoms with E-state index in [1.807, 2.05) is 18.2 Å². The topological polar surface area (TPSA) is 25.4 Å². The molecule has 3 rings (SSSR count). The van der Waals surface area contributed by atoms with Gasteiger partial charge in [-0.3, -0.25) is 0 Å². The third-order valence-electron chi connectivity index (χ3n) is 3.83. The van der Waals surface area contributed by atoms with Crippen LogP contribution in [0.25, 0.3) is 21.3 Å². The molecule has 0 N–H and O–H groups in total. The number of aromatic nitrogens is 1. The van der Waals surface area contributed by atoms with Gasteiger partial charge in [-0.05, 0) is 75.3 Å². The molecule has 0 saturated carbocycles. The molecule has 0 aliphatic heterocycles. The summed E-state index contributed by atoms with van der Waals surface area (Å²) in [6, 6.07) is 14.5. The van der Waals surface area contributed by atoms with E-state index in [0.29, 0.717) is 0 Å². The lowest BCUT2D eigenvalue weighted by molar-refractivity contribution is 0.293. The number of nitrogens with zero attached hydrogens (tertiary/aromatic N) is 2. The molecule has 5 heteroatoms. The zero-order valence-electron chi connectivity index (χ0n) is 14.0. The maximum Gasteiger partial charge on any atom is 0.120 e. The summed E-state index contributed by atoms with van der Waals surface area (Å²) in [7, 11) is 4.20. The Morgan fingerprint density at radius 2 is 1.88 bits per heavy atom. The average molecular weight is 405 g/mol. The normalized spacial score (nSPS) is 11.3. The molecule has 24 heavy (non-hydrogen) atoms. The van der Waals surface area contributed by atoms with Crippen LogP contribution < -0.4 is 4.74 Å². The van der Waals surface area contributed by atoms with Gasteiger partial charge >= 0.3 is 0 Å². The Hall–Kier alpha value is -1.43. The fourth-order valence-electron chi connectivity index (χ4n) is 2.54. The van der Waals surface area contributed by atoms with Crippen LogP contribution in [0.4, 0.5) is 0 Å². The van der Waals surface area contributed by atoms with Gasteiger partial charge in [0.15, 0.2) is 0 Å². The first-order chi connectivity index (χ1) is 11.6. The van der Waals surface area contributed by atoms with Crippen molar-refractivity contribution in [2.24, 2.45) is 0 Å². The predicted molar refractivity (Wildman–Crippen MR) is 106 cm³/mol. The van der Waals surface area contributed by atoms with Gasteiger partial charge in [0.25, 0.3) is 0 Å². The van der Waals surface area contributed by atoms with Gasteiger partial charge in [0.05, 0.1) is 17.0 Å². The van der Waals surface area contributed by atoms with Gasteiger partial charge in [-0.2, -0.15) is 4.37 Å². The van der Waals surface area contributed by atoms with Crippen LogP contribution in [0.3, 0.4) is 0 Å². The second-order valence-electron chi connectivity index (χ2n) is 6.05. The van der Waals surface area contributed by atoms with Crippen molar-refractivity contribution < 1.29 is 4.74 Å². The molecule has 0 aliphatic rings. The highest BCUT2D eigenvalue weighted by molar-refractivity contribution is 9.10. The summed E-state index contributed by atoms with van der Waals surface area (Å²) in [5, 5.41) is 1.18. The molecule has 126 valence electrons. The van der Waals surface area contributed by atoms with Crippen LogP contribution in [0.5, 0.6) is 5.75 Å². The molecule has 1 heterocycles. The van der Waals surface area contributed by atoms with Gasteiger partial charge in [-0.1, -0.05) is 28.1 Å². The Balaban J connectivity index is 1.68. The molecule has 0 fully saturated rings. The van der Waals surface area contributed by atoms with Gasteiger partial charge in [-0.15, -0.1) is 0 Å². The Morgan fingerprint density at radius 1 is 1.08 bits per heavy atom. The Kier molecular flexibility index (Phi) is 5.87. The molecule has 0 amide bonds. The average Bonchev–Trinajstić information content (AvgIpc) is 2.98. The van der Waals surface area contributed by atoms with Crippen molar-refractivity contribution in [1.82, 2.24) is 9.27 Å². The highest BCUT2D eigenvalue weighted by atomic mass is 79.9. The third-order valence-corrected chi connectivity index (χ3v) is 5.17. The second kappa shape index (κ2) is 8.10. The Bertz CT molecular complexity index is 799. The first-order valence-corrected chi connectivity index (χ1v) is 9.63. The molecule has 2 aromatic carbocycles. The minimum atomic E-state index is 0.762. The fourth-order valence-corrected chi connectivity index (χ4v) is 3.63. The van der Waals surface area contributed by atoms with E-state index in [1.54, 1.807) is 0 Å². The zero-order valence-corrected chi connectivity index (χ0v) is 16.4. The molecular formula is C19H21BrN2OS. The summed E-state index contributed by atoms with van der Waals surface area (Å²) in [5.41, 5.74) is 2.18. The highest BCUT2D eigenvalue weighted by Crippen LogP contribution is 2.33. The van der Waals surface area contributed by atoms with Crippen LogP contribution in [0, 0.1) is 0 Å². The van der Waals surface area contributed by atoms with Gasteiger partial charge in [-0.25, -0.2) is 0 Å². The van der Waals surface area contributed by atoms with Crippen molar-refractivity contribution in [3.63, 3.8) is 0 Å². The maximum atomic E-state index is 5.88. The van der Waals surface area contributed by atoms with Gasteiger partial charge in [0, 0.05) is 15.4 Å². The SMILES string of the molecule is CN(C)CCCCOc1ccc2c(-c3ccc(Br)cc3)nsc2c1. The molecule has 1 aromatic heterocycles. The molecule has 0 saturated heterocycles. The number of hydrogen-bond donors (Lipinski definition) is 0. The number of benzene rings is 2. The van der Waals surface area contributed by atoms with Crippen molar-refractivity contribution in [3.05, 3.63) is 46.9 Å². The first-order valence-electron chi connectivity index (χ1n) is 8.06. The van der Waals surface area contributed by atoms with Crippen LogP contribution in [0.1, 0.15) is 12.8 Å². The highest BCUT2D eigenvalue weighted by Gasteiger charge is 2.09. The van der Waals surface area contributed by atoms with E-state index in [4.69, 9.17) is 4.74 Å². The number of ether oxygens (including phenoxy) is 1. The minimum Gasteiger partial charge on any atom is -0.494 e. The van der Waals surface area contributed by atoms with E-state index in [2.05, 4.69) is 63.6 Å². The Labute approximate surface area is 155 Å². The molecule has 0 atom stereocenters. The van der Waals surface area contributed by atoms with Crippen LogP contribution >= 0.6 is 27.5 Å². The van der Waals surface area contributed by atoms with Crippen LogP contribution in [-0.2, 0) is 0 Å². The van der Waals surface area contributed by atoms with Gasteiger partial charge in [0.1, 0.15) is 5.75 Å². The summed E-state index contributed by atoms with van der Waals surface area (Å²) < 4.78 is 12.8. The van der Waals surface area contributed by atoms with E-state index in [1.165, 1.54) is 21.6 Å². The summed E-state index contributed by atoms with van der Waals surface area (Å²) >= 11 is 5.00. The lowest BCUT2D eigenvalue weighted by Crippen LogP contribution is -2.13. The van der Waals surface area contributed by atoms with Gasteiger partial charge < -0.3 is 9.64 Å². The quantitative estimate of drug-likeness (QED) is 0.489. The molecule has 3 nitrogen and oxygen atoms in total. The van der Waals surface area contributed by atoms with Crippen molar-refractivity contribution in [1.29, 1.82) is 0 Å². The van der Waals surface area contributed by atoms with Crippen molar-refractivity contribution in [2.45, 2.75) is 12.8 Å². The predicted octanol–water partition coefficient (Wildman–Crippen LogP) is 5.45. The Morgan fingerprint density at radius 3 is 2.62 bits per heavy atom. The van der Waals surface area contributed by atoms with Crippen molar-refractivity contribution in [3.8, 4) is 17.0 Å². The van der Waals surface area contributed by atoms with E-state index in [0.717, 1.165) is 47.5 Å². The monoisotopic (exact) mass is 404 g/mol. The second-order valence-corrected chi connectivity index (χ2v) is 7.78. The van der Waals surface area contributed by atoms with Crippen molar-refractivity contribution in [2.75, 3.05) is 27.2 Å². The van der Waals surface area contributed by atoms with Crippen LogP contribution in [0.2, 0.25) is 0 Å². The largest absolute Gasteiger partial charge is 0.494 e. The fraction of sp³-hybridized carbons (Fsp3) is 0.316. The molecule has 3 aromatic rings. The van der Waals surface area contributed by atoms with E-state index >= 15 is 0 Å². The minimum absolute atomic E-state index is 0.762. The number of hydrogen-bond acceptors (Lipinski definition) is 4. The number of halogens is 1. The first kappa shape index (κ1) is 17.4.